The maximum atomic E-state index is 13.1. The first-order chi connectivity index (χ1) is 15.0. The van der Waals surface area contributed by atoms with Gasteiger partial charge in [-0.25, -0.2) is 4.68 Å². The van der Waals surface area contributed by atoms with E-state index in [9.17, 15) is 9.59 Å². The average molecular weight is 442 g/mol. The molecule has 1 amide bonds. The molecule has 31 heavy (non-hydrogen) atoms. The standard InChI is InChI=1S/C23H28ClN5O2/c1-16-19-13-26-29(15-21(30)25-9-12-27-10-5-6-11-27)23(31)22(19)17(2)28(16)14-18-7-3-4-8-20(18)24/h3-4,7-8,13H,5-6,9-12,14-15H2,1-2H3,(H,25,30). The van der Waals surface area contributed by atoms with Crippen LogP contribution in [-0.4, -0.2) is 51.3 Å². The number of nitrogens with zero attached hydrogens (tertiary/aromatic N) is 4. The molecule has 0 bridgehead atoms. The van der Waals surface area contributed by atoms with Crippen molar-refractivity contribution in [2.45, 2.75) is 39.8 Å². The zero-order chi connectivity index (χ0) is 22.0. The number of halogens is 1. The van der Waals surface area contributed by atoms with Crippen molar-refractivity contribution in [3.8, 4) is 0 Å². The summed E-state index contributed by atoms with van der Waals surface area (Å²) in [6, 6.07) is 7.69. The molecule has 2 aromatic heterocycles. The number of benzene rings is 1. The Labute approximate surface area is 186 Å². The Morgan fingerprint density at radius 1 is 1.16 bits per heavy atom. The van der Waals surface area contributed by atoms with Gasteiger partial charge in [0, 0.05) is 41.4 Å². The Morgan fingerprint density at radius 2 is 1.90 bits per heavy atom. The summed E-state index contributed by atoms with van der Waals surface area (Å²) in [4.78, 5) is 27.8. The van der Waals surface area contributed by atoms with Crippen molar-refractivity contribution in [1.82, 2.24) is 24.6 Å². The number of carbonyl (C=O) groups is 1. The number of aromatic nitrogens is 3. The summed E-state index contributed by atoms with van der Waals surface area (Å²) < 4.78 is 3.33. The highest BCUT2D eigenvalue weighted by Gasteiger charge is 2.18. The average Bonchev–Trinajstić information content (AvgIpc) is 3.34. The van der Waals surface area contributed by atoms with Crippen molar-refractivity contribution >= 4 is 28.3 Å². The Morgan fingerprint density at radius 3 is 2.65 bits per heavy atom. The fraction of sp³-hybridized carbons (Fsp3) is 0.435. The van der Waals surface area contributed by atoms with Gasteiger partial charge in [0.15, 0.2) is 0 Å². The predicted octanol–water partition coefficient (Wildman–Crippen LogP) is 2.73. The lowest BCUT2D eigenvalue weighted by molar-refractivity contribution is -0.121. The minimum atomic E-state index is -0.245. The van der Waals surface area contributed by atoms with Crippen LogP contribution in [0.25, 0.3) is 10.8 Å². The maximum absolute atomic E-state index is 13.1. The number of hydrogen-bond donors (Lipinski definition) is 1. The fourth-order valence-corrected chi connectivity index (χ4v) is 4.54. The summed E-state index contributed by atoms with van der Waals surface area (Å²) in [7, 11) is 0. The molecule has 3 aromatic rings. The van der Waals surface area contributed by atoms with Crippen LogP contribution in [0, 0.1) is 13.8 Å². The van der Waals surface area contributed by atoms with Gasteiger partial charge in [-0.15, -0.1) is 0 Å². The quantitative estimate of drug-likeness (QED) is 0.612. The summed E-state index contributed by atoms with van der Waals surface area (Å²) >= 11 is 6.34. The van der Waals surface area contributed by atoms with Crippen LogP contribution in [0.5, 0.6) is 0 Å². The van der Waals surface area contributed by atoms with Crippen LogP contribution in [0.15, 0.2) is 35.3 Å². The molecule has 0 radical (unpaired) electrons. The highest BCUT2D eigenvalue weighted by atomic mass is 35.5. The summed E-state index contributed by atoms with van der Waals surface area (Å²) in [6.45, 7) is 8.01. The Kier molecular flexibility index (Phi) is 6.43. The van der Waals surface area contributed by atoms with E-state index in [-0.39, 0.29) is 18.0 Å². The summed E-state index contributed by atoms with van der Waals surface area (Å²) in [6.07, 6.45) is 4.13. The summed E-state index contributed by atoms with van der Waals surface area (Å²) in [5.41, 5.74) is 2.55. The number of fused-ring (bicyclic) bond motifs is 1. The van der Waals surface area contributed by atoms with Gasteiger partial charge in [0.25, 0.3) is 5.56 Å². The molecular weight excluding hydrogens is 414 g/mol. The second kappa shape index (κ2) is 9.24. The topological polar surface area (TPSA) is 72.2 Å². The zero-order valence-electron chi connectivity index (χ0n) is 18.0. The van der Waals surface area contributed by atoms with Crippen LogP contribution in [0.2, 0.25) is 5.02 Å². The smallest absolute Gasteiger partial charge is 0.276 e. The lowest BCUT2D eigenvalue weighted by Crippen LogP contribution is -2.37. The number of amides is 1. The number of nitrogens with one attached hydrogen (secondary N) is 1. The Balaban J connectivity index is 1.53. The summed E-state index contributed by atoms with van der Waals surface area (Å²) in [5, 5.41) is 9.27. The van der Waals surface area contributed by atoms with Crippen LogP contribution in [0.1, 0.15) is 29.8 Å². The third kappa shape index (κ3) is 4.52. The normalized spacial score (nSPS) is 14.4. The molecule has 8 heteroatoms. The minimum absolute atomic E-state index is 0.0804. The molecule has 1 fully saturated rings. The largest absolute Gasteiger partial charge is 0.353 e. The van der Waals surface area contributed by atoms with Gasteiger partial charge >= 0.3 is 0 Å². The number of hydrogen-bond acceptors (Lipinski definition) is 4. The molecular formula is C23H28ClN5O2. The molecule has 4 rings (SSSR count). The molecule has 164 valence electrons. The van der Waals surface area contributed by atoms with E-state index in [0.717, 1.165) is 42.0 Å². The Hall–Kier alpha value is -2.64. The van der Waals surface area contributed by atoms with Crippen LogP contribution in [0.3, 0.4) is 0 Å². The number of carbonyl (C=O) groups excluding carboxylic acids is 1. The second-order valence-electron chi connectivity index (χ2n) is 8.14. The van der Waals surface area contributed by atoms with E-state index in [1.54, 1.807) is 6.20 Å². The van der Waals surface area contributed by atoms with E-state index >= 15 is 0 Å². The molecule has 1 aromatic carbocycles. The monoisotopic (exact) mass is 441 g/mol. The molecule has 1 N–H and O–H groups in total. The lowest BCUT2D eigenvalue weighted by Gasteiger charge is -2.14. The van der Waals surface area contributed by atoms with Crippen molar-refractivity contribution < 1.29 is 4.79 Å². The predicted molar refractivity (Wildman–Crippen MR) is 123 cm³/mol. The van der Waals surface area contributed by atoms with Gasteiger partial charge in [0.1, 0.15) is 6.54 Å². The van der Waals surface area contributed by atoms with Crippen LogP contribution in [-0.2, 0) is 17.9 Å². The highest BCUT2D eigenvalue weighted by molar-refractivity contribution is 6.31. The first-order valence-corrected chi connectivity index (χ1v) is 11.1. The van der Waals surface area contributed by atoms with E-state index in [0.29, 0.717) is 23.5 Å². The molecule has 0 unspecified atom stereocenters. The molecule has 7 nitrogen and oxygen atoms in total. The molecule has 0 aliphatic carbocycles. The highest BCUT2D eigenvalue weighted by Crippen LogP contribution is 2.25. The SMILES string of the molecule is Cc1c2cnn(CC(=O)NCCN3CCCC3)c(=O)c2c(C)n1Cc1ccccc1Cl. The van der Waals surface area contributed by atoms with Gasteiger partial charge in [-0.1, -0.05) is 29.8 Å². The third-order valence-electron chi connectivity index (χ3n) is 6.13. The van der Waals surface area contributed by atoms with Gasteiger partial charge in [0.2, 0.25) is 5.91 Å². The van der Waals surface area contributed by atoms with E-state index in [1.807, 2.05) is 38.1 Å². The summed E-state index contributed by atoms with van der Waals surface area (Å²) in [5.74, 6) is -0.196. The first kappa shape index (κ1) is 21.6. The number of rotatable bonds is 7. The van der Waals surface area contributed by atoms with Crippen LogP contribution >= 0.6 is 11.6 Å². The second-order valence-corrected chi connectivity index (χ2v) is 8.55. The fourth-order valence-electron chi connectivity index (χ4n) is 4.34. The van der Waals surface area contributed by atoms with Gasteiger partial charge in [-0.3, -0.25) is 9.59 Å². The van der Waals surface area contributed by atoms with Gasteiger partial charge in [0.05, 0.1) is 11.6 Å². The molecule has 3 heterocycles. The van der Waals surface area contributed by atoms with Gasteiger partial charge in [-0.2, -0.15) is 5.10 Å². The number of likely N-dealkylation sites (tertiary alicyclic amines) is 1. The van der Waals surface area contributed by atoms with Crippen molar-refractivity contribution in [3.05, 3.63) is 62.8 Å². The molecule has 1 aliphatic rings. The van der Waals surface area contributed by atoms with Crippen LogP contribution in [0.4, 0.5) is 0 Å². The Bertz CT molecular complexity index is 1160. The molecule has 1 saturated heterocycles. The van der Waals surface area contributed by atoms with Crippen LogP contribution < -0.4 is 10.9 Å². The maximum Gasteiger partial charge on any atom is 0.276 e. The molecule has 0 saturated carbocycles. The van der Waals surface area contributed by atoms with E-state index in [4.69, 9.17) is 11.6 Å². The third-order valence-corrected chi connectivity index (χ3v) is 6.50. The first-order valence-electron chi connectivity index (χ1n) is 10.7. The zero-order valence-corrected chi connectivity index (χ0v) is 18.8. The van der Waals surface area contributed by atoms with Crippen molar-refractivity contribution in [3.63, 3.8) is 0 Å². The van der Waals surface area contributed by atoms with Crippen molar-refractivity contribution in [2.75, 3.05) is 26.2 Å². The van der Waals surface area contributed by atoms with E-state index in [1.165, 1.54) is 17.5 Å². The van der Waals surface area contributed by atoms with Gasteiger partial charge in [-0.05, 0) is 51.4 Å². The van der Waals surface area contributed by atoms with Gasteiger partial charge < -0.3 is 14.8 Å². The lowest BCUT2D eigenvalue weighted by atomic mass is 10.2. The van der Waals surface area contributed by atoms with Crippen molar-refractivity contribution in [2.24, 2.45) is 0 Å². The molecule has 1 aliphatic heterocycles. The molecule has 0 atom stereocenters. The van der Waals surface area contributed by atoms with Crippen molar-refractivity contribution in [1.29, 1.82) is 0 Å². The number of aryl methyl sites for hydroxylation is 2. The van der Waals surface area contributed by atoms with E-state index in [2.05, 4.69) is 19.9 Å². The molecule has 0 spiro atoms. The van der Waals surface area contributed by atoms with E-state index < -0.39 is 0 Å². The minimum Gasteiger partial charge on any atom is -0.353 e.